The largest absolute Gasteiger partial charge is 0.483 e. The number of amides is 2. The maximum Gasteiger partial charge on any atom is 0.261 e. The monoisotopic (exact) mass is 500 g/mol. The Hall–Kier alpha value is -3.60. The maximum atomic E-state index is 13.8. The topological polar surface area (TPSA) is 58.6 Å². The summed E-state index contributed by atoms with van der Waals surface area (Å²) in [5.74, 6) is 0.895. The highest BCUT2D eigenvalue weighted by molar-refractivity contribution is 5.88. The van der Waals surface area contributed by atoms with E-state index < -0.39 is 6.04 Å². The van der Waals surface area contributed by atoms with Gasteiger partial charge in [0, 0.05) is 19.5 Å². The number of nitrogens with one attached hydrogen (secondary N) is 1. The van der Waals surface area contributed by atoms with Gasteiger partial charge in [0.25, 0.3) is 5.91 Å². The first kappa shape index (κ1) is 28.0. The van der Waals surface area contributed by atoms with Gasteiger partial charge in [-0.3, -0.25) is 9.59 Å². The molecular weight excluding hydrogens is 460 g/mol. The Bertz CT molecular complexity index is 1140. The number of ether oxygens (including phenoxy) is 1. The highest BCUT2D eigenvalue weighted by Crippen LogP contribution is 2.26. The SMILES string of the molecule is Cc1ccc(CN(C(=O)COc2ccccc2C(C)C)[C@H](Cc2ccccc2)C(=O)NCC(C)C)cc1. The van der Waals surface area contributed by atoms with Crippen LogP contribution in [0.3, 0.4) is 0 Å². The minimum atomic E-state index is -0.668. The number of rotatable bonds is 12. The summed E-state index contributed by atoms with van der Waals surface area (Å²) >= 11 is 0. The predicted molar refractivity (Wildman–Crippen MR) is 150 cm³/mol. The van der Waals surface area contributed by atoms with Crippen molar-refractivity contribution in [2.75, 3.05) is 13.2 Å². The summed E-state index contributed by atoms with van der Waals surface area (Å²) in [5, 5.41) is 3.06. The van der Waals surface area contributed by atoms with Crippen LogP contribution in [0.1, 0.15) is 55.9 Å². The lowest BCUT2D eigenvalue weighted by Gasteiger charge is -2.32. The van der Waals surface area contributed by atoms with Gasteiger partial charge in [-0.2, -0.15) is 0 Å². The van der Waals surface area contributed by atoms with Crippen LogP contribution in [-0.4, -0.2) is 35.9 Å². The van der Waals surface area contributed by atoms with Gasteiger partial charge in [0.1, 0.15) is 11.8 Å². The second-order valence-corrected chi connectivity index (χ2v) is 10.3. The van der Waals surface area contributed by atoms with Crippen LogP contribution in [0.5, 0.6) is 5.75 Å². The Morgan fingerprint density at radius 3 is 2.14 bits per heavy atom. The zero-order valence-corrected chi connectivity index (χ0v) is 22.7. The first-order valence-corrected chi connectivity index (χ1v) is 13.1. The van der Waals surface area contributed by atoms with Crippen LogP contribution in [0.2, 0.25) is 0 Å². The standard InChI is InChI=1S/C32H40N2O3/c1-23(2)20-33-32(36)29(19-26-11-7-6-8-12-26)34(21-27-17-15-25(5)16-18-27)31(35)22-37-30-14-10-9-13-28(30)24(3)4/h6-18,23-24,29H,19-22H2,1-5H3,(H,33,36)/t29-/m1/s1. The molecule has 2 amide bonds. The van der Waals surface area contributed by atoms with Gasteiger partial charge in [-0.25, -0.2) is 0 Å². The molecule has 3 aromatic rings. The average molecular weight is 501 g/mol. The second kappa shape index (κ2) is 13.6. The fourth-order valence-electron chi connectivity index (χ4n) is 4.18. The molecular formula is C32H40N2O3. The van der Waals surface area contributed by atoms with E-state index in [1.54, 1.807) is 4.90 Å². The number of carbonyl (C=O) groups is 2. The fraction of sp³-hybridized carbons (Fsp3) is 0.375. The van der Waals surface area contributed by atoms with Crippen molar-refractivity contribution in [2.24, 2.45) is 5.92 Å². The molecule has 0 unspecified atom stereocenters. The molecule has 0 radical (unpaired) electrons. The van der Waals surface area contributed by atoms with Gasteiger partial charge in [0.05, 0.1) is 0 Å². The minimum absolute atomic E-state index is 0.141. The molecule has 0 bridgehead atoms. The van der Waals surface area contributed by atoms with Crippen LogP contribution >= 0.6 is 0 Å². The van der Waals surface area contributed by atoms with Crippen molar-refractivity contribution in [1.29, 1.82) is 0 Å². The third kappa shape index (κ3) is 8.49. The van der Waals surface area contributed by atoms with E-state index in [0.717, 1.165) is 22.3 Å². The maximum absolute atomic E-state index is 13.8. The van der Waals surface area contributed by atoms with E-state index in [1.807, 2.05) is 85.8 Å². The molecule has 0 saturated heterocycles. The Balaban J connectivity index is 1.91. The molecule has 0 aliphatic carbocycles. The van der Waals surface area contributed by atoms with Crippen LogP contribution in [0.15, 0.2) is 78.9 Å². The summed E-state index contributed by atoms with van der Waals surface area (Å²) in [4.78, 5) is 29.0. The Morgan fingerprint density at radius 2 is 1.49 bits per heavy atom. The lowest BCUT2D eigenvalue weighted by molar-refractivity contribution is -0.142. The van der Waals surface area contributed by atoms with Crippen molar-refractivity contribution in [1.82, 2.24) is 10.2 Å². The summed E-state index contributed by atoms with van der Waals surface area (Å²) in [6.45, 7) is 11.1. The van der Waals surface area contributed by atoms with E-state index in [-0.39, 0.29) is 24.3 Å². The van der Waals surface area contributed by atoms with Crippen molar-refractivity contribution in [3.63, 3.8) is 0 Å². The van der Waals surface area contributed by atoms with Crippen molar-refractivity contribution in [3.05, 3.63) is 101 Å². The summed E-state index contributed by atoms with van der Waals surface area (Å²) in [6, 6.07) is 25.0. The highest BCUT2D eigenvalue weighted by Gasteiger charge is 2.31. The first-order valence-electron chi connectivity index (χ1n) is 13.1. The number of para-hydroxylation sites is 1. The Morgan fingerprint density at radius 1 is 0.838 bits per heavy atom. The highest BCUT2D eigenvalue weighted by atomic mass is 16.5. The number of hydrogen-bond acceptors (Lipinski definition) is 3. The third-order valence-electron chi connectivity index (χ3n) is 6.32. The average Bonchev–Trinajstić information content (AvgIpc) is 2.89. The van der Waals surface area contributed by atoms with E-state index in [9.17, 15) is 9.59 Å². The summed E-state index contributed by atoms with van der Waals surface area (Å²) in [7, 11) is 0. The van der Waals surface area contributed by atoms with Gasteiger partial charge in [-0.15, -0.1) is 0 Å². The molecule has 3 aromatic carbocycles. The molecule has 0 heterocycles. The minimum Gasteiger partial charge on any atom is -0.483 e. The van der Waals surface area contributed by atoms with Crippen molar-refractivity contribution in [3.8, 4) is 5.75 Å². The molecule has 3 rings (SSSR count). The number of carbonyl (C=O) groups excluding carboxylic acids is 2. The van der Waals surface area contributed by atoms with Gasteiger partial charge in [-0.1, -0.05) is 106 Å². The Labute approximate surface area is 221 Å². The van der Waals surface area contributed by atoms with Gasteiger partial charge < -0.3 is 15.0 Å². The number of nitrogens with zero attached hydrogens (tertiary/aromatic N) is 1. The van der Waals surface area contributed by atoms with Crippen molar-refractivity contribution in [2.45, 2.75) is 59.5 Å². The van der Waals surface area contributed by atoms with E-state index in [2.05, 4.69) is 33.0 Å². The normalized spacial score (nSPS) is 11.9. The van der Waals surface area contributed by atoms with Crippen LogP contribution < -0.4 is 10.1 Å². The van der Waals surface area contributed by atoms with E-state index >= 15 is 0 Å². The molecule has 1 atom stereocenters. The molecule has 37 heavy (non-hydrogen) atoms. The van der Waals surface area contributed by atoms with E-state index in [0.29, 0.717) is 31.2 Å². The second-order valence-electron chi connectivity index (χ2n) is 10.3. The fourth-order valence-corrected chi connectivity index (χ4v) is 4.18. The van der Waals surface area contributed by atoms with Gasteiger partial charge in [0.2, 0.25) is 5.91 Å². The third-order valence-corrected chi connectivity index (χ3v) is 6.32. The lowest BCUT2D eigenvalue weighted by Crippen LogP contribution is -2.52. The van der Waals surface area contributed by atoms with Crippen LogP contribution in [0.25, 0.3) is 0 Å². The summed E-state index contributed by atoms with van der Waals surface area (Å²) in [5.41, 5.74) is 4.16. The van der Waals surface area contributed by atoms with E-state index in [1.165, 1.54) is 0 Å². The van der Waals surface area contributed by atoms with Crippen LogP contribution in [-0.2, 0) is 22.6 Å². The summed E-state index contributed by atoms with van der Waals surface area (Å²) < 4.78 is 6.05. The molecule has 196 valence electrons. The van der Waals surface area contributed by atoms with Crippen molar-refractivity contribution < 1.29 is 14.3 Å². The van der Waals surface area contributed by atoms with Gasteiger partial charge in [-0.05, 0) is 41.5 Å². The zero-order chi connectivity index (χ0) is 26.8. The molecule has 5 heteroatoms. The number of hydrogen-bond donors (Lipinski definition) is 1. The molecule has 0 aliphatic rings. The van der Waals surface area contributed by atoms with Gasteiger partial charge in [0.15, 0.2) is 6.61 Å². The molecule has 0 aromatic heterocycles. The van der Waals surface area contributed by atoms with Crippen LogP contribution in [0.4, 0.5) is 0 Å². The first-order chi connectivity index (χ1) is 17.7. The quantitative estimate of drug-likeness (QED) is 0.336. The Kier molecular flexibility index (Phi) is 10.3. The van der Waals surface area contributed by atoms with Crippen molar-refractivity contribution >= 4 is 11.8 Å². The number of benzene rings is 3. The molecule has 5 nitrogen and oxygen atoms in total. The molecule has 0 spiro atoms. The molecule has 1 N–H and O–H groups in total. The zero-order valence-electron chi connectivity index (χ0n) is 22.7. The smallest absolute Gasteiger partial charge is 0.261 e. The van der Waals surface area contributed by atoms with Gasteiger partial charge >= 0.3 is 0 Å². The lowest BCUT2D eigenvalue weighted by atomic mass is 10.0. The molecule has 0 fully saturated rings. The summed E-state index contributed by atoms with van der Waals surface area (Å²) in [6.07, 6.45) is 0.422. The molecule has 0 saturated carbocycles. The number of aryl methyl sites for hydroxylation is 1. The van der Waals surface area contributed by atoms with Crippen LogP contribution in [0, 0.1) is 12.8 Å². The molecule has 0 aliphatic heterocycles. The van der Waals surface area contributed by atoms with E-state index in [4.69, 9.17) is 4.74 Å². The predicted octanol–water partition coefficient (Wildman–Crippen LogP) is 5.91.